The number of carbonyl (C=O) groups is 1. The van der Waals surface area contributed by atoms with Gasteiger partial charge in [-0.1, -0.05) is 36.4 Å². The van der Waals surface area contributed by atoms with E-state index in [2.05, 4.69) is 34.1 Å². The van der Waals surface area contributed by atoms with E-state index in [-0.39, 0.29) is 5.82 Å². The highest BCUT2D eigenvalue weighted by Gasteiger charge is 2.31. The van der Waals surface area contributed by atoms with Crippen molar-refractivity contribution in [1.29, 1.82) is 0 Å². The molecule has 3 heterocycles. The zero-order valence-corrected chi connectivity index (χ0v) is 18.6. The third-order valence-electron chi connectivity index (χ3n) is 6.27. The van der Waals surface area contributed by atoms with Crippen molar-refractivity contribution in [1.82, 2.24) is 9.55 Å². The maximum absolute atomic E-state index is 13.8. The summed E-state index contributed by atoms with van der Waals surface area (Å²) in [7, 11) is 3.27. The minimum absolute atomic E-state index is 0.326. The number of halogens is 1. The quantitative estimate of drug-likeness (QED) is 0.406. The smallest absolute Gasteiger partial charge is 0.355 e. The van der Waals surface area contributed by atoms with Gasteiger partial charge < -0.3 is 14.2 Å². The van der Waals surface area contributed by atoms with Gasteiger partial charge in [-0.2, -0.15) is 0 Å². The zero-order valence-electron chi connectivity index (χ0n) is 18.6. The van der Waals surface area contributed by atoms with E-state index in [4.69, 9.17) is 4.74 Å². The normalized spacial score (nSPS) is 13.0. The molecule has 6 heteroatoms. The Morgan fingerprint density at radius 3 is 2.30 bits per heavy atom. The molecular formula is C27H24FN3O2. The molecule has 0 saturated carbocycles. The highest BCUT2D eigenvalue weighted by molar-refractivity contribution is 6.05. The first-order valence-electron chi connectivity index (χ1n) is 10.9. The van der Waals surface area contributed by atoms with Gasteiger partial charge in [-0.15, -0.1) is 0 Å². The third kappa shape index (κ3) is 3.67. The van der Waals surface area contributed by atoms with E-state index in [0.29, 0.717) is 5.69 Å². The van der Waals surface area contributed by atoms with E-state index in [1.54, 1.807) is 24.5 Å². The molecule has 0 N–H and O–H groups in total. The van der Waals surface area contributed by atoms with Gasteiger partial charge in [0.05, 0.1) is 7.11 Å². The van der Waals surface area contributed by atoms with E-state index >= 15 is 0 Å². The summed E-state index contributed by atoms with van der Waals surface area (Å²) in [6.07, 6.45) is 4.39. The summed E-state index contributed by atoms with van der Waals surface area (Å²) in [6.45, 7) is 1.55. The number of nitrogens with zero attached hydrogens (tertiary/aromatic N) is 3. The first-order chi connectivity index (χ1) is 16.1. The lowest BCUT2D eigenvalue weighted by Crippen LogP contribution is -2.32. The van der Waals surface area contributed by atoms with Gasteiger partial charge in [0.15, 0.2) is 0 Å². The molecule has 0 unspecified atom stereocenters. The van der Waals surface area contributed by atoms with Crippen LogP contribution in [0.5, 0.6) is 0 Å². The number of hydrogen-bond donors (Lipinski definition) is 0. The molecule has 0 aliphatic carbocycles. The fourth-order valence-corrected chi connectivity index (χ4v) is 4.74. The number of pyridine rings is 1. The van der Waals surface area contributed by atoms with E-state index in [0.717, 1.165) is 47.6 Å². The predicted molar refractivity (Wildman–Crippen MR) is 127 cm³/mol. The Bertz CT molecular complexity index is 1310. The SMILES string of the molecule is COC(=O)c1c(-c2ccc(F)cc2)c(-c2ccncc2)c(N2CCc3ccccc3C2)n1C. The molecule has 166 valence electrons. The van der Waals surface area contributed by atoms with Gasteiger partial charge >= 0.3 is 5.97 Å². The molecule has 0 amide bonds. The summed E-state index contributed by atoms with van der Waals surface area (Å²) < 4.78 is 20.9. The van der Waals surface area contributed by atoms with Crippen molar-refractivity contribution in [3.8, 4) is 22.3 Å². The number of rotatable bonds is 4. The largest absolute Gasteiger partial charge is 0.464 e. The Morgan fingerprint density at radius 1 is 0.939 bits per heavy atom. The number of ether oxygens (including phenoxy) is 1. The molecule has 0 atom stereocenters. The lowest BCUT2D eigenvalue weighted by molar-refractivity contribution is 0.0591. The zero-order chi connectivity index (χ0) is 22.9. The highest BCUT2D eigenvalue weighted by Crippen LogP contribution is 2.45. The molecule has 0 saturated heterocycles. The Morgan fingerprint density at radius 2 is 1.61 bits per heavy atom. The summed E-state index contributed by atoms with van der Waals surface area (Å²) >= 11 is 0. The number of methoxy groups -OCH3 is 1. The van der Waals surface area contributed by atoms with Crippen LogP contribution in [-0.2, 0) is 24.8 Å². The van der Waals surface area contributed by atoms with E-state index < -0.39 is 5.97 Å². The van der Waals surface area contributed by atoms with Crippen LogP contribution in [0, 0.1) is 5.82 Å². The number of fused-ring (bicyclic) bond motifs is 1. The Hall–Kier alpha value is -3.93. The van der Waals surface area contributed by atoms with Gasteiger partial charge in [0.25, 0.3) is 0 Å². The van der Waals surface area contributed by atoms with Crippen molar-refractivity contribution in [2.45, 2.75) is 13.0 Å². The Balaban J connectivity index is 1.79. The van der Waals surface area contributed by atoms with E-state index in [1.807, 2.05) is 23.7 Å². The number of anilines is 1. The average molecular weight is 442 g/mol. The molecule has 5 rings (SSSR count). The summed E-state index contributed by atoms with van der Waals surface area (Å²) in [6, 6.07) is 18.6. The highest BCUT2D eigenvalue weighted by atomic mass is 19.1. The molecule has 1 aliphatic heterocycles. The van der Waals surface area contributed by atoms with Crippen LogP contribution in [0.4, 0.5) is 10.2 Å². The van der Waals surface area contributed by atoms with Crippen molar-refractivity contribution in [2.24, 2.45) is 7.05 Å². The van der Waals surface area contributed by atoms with Crippen molar-refractivity contribution in [3.05, 3.63) is 95.7 Å². The second-order valence-corrected chi connectivity index (χ2v) is 8.16. The van der Waals surface area contributed by atoms with Crippen LogP contribution >= 0.6 is 0 Å². The first kappa shape index (κ1) is 20.9. The monoisotopic (exact) mass is 441 g/mol. The summed E-state index contributed by atoms with van der Waals surface area (Å²) in [5.41, 5.74) is 6.38. The van der Waals surface area contributed by atoms with Crippen LogP contribution in [0.2, 0.25) is 0 Å². The molecule has 4 aromatic rings. The molecule has 0 bridgehead atoms. The van der Waals surface area contributed by atoms with Crippen molar-refractivity contribution in [2.75, 3.05) is 18.6 Å². The van der Waals surface area contributed by atoms with Gasteiger partial charge in [-0.3, -0.25) is 4.98 Å². The van der Waals surface area contributed by atoms with Gasteiger partial charge in [0.2, 0.25) is 0 Å². The molecule has 1 aliphatic rings. The lowest BCUT2D eigenvalue weighted by atomic mass is 9.95. The summed E-state index contributed by atoms with van der Waals surface area (Å²) in [5, 5.41) is 0. The molecular weight excluding hydrogens is 417 g/mol. The number of hydrogen-bond acceptors (Lipinski definition) is 4. The van der Waals surface area contributed by atoms with Gasteiger partial charge in [0, 0.05) is 43.7 Å². The second-order valence-electron chi connectivity index (χ2n) is 8.16. The lowest BCUT2D eigenvalue weighted by Gasteiger charge is -2.32. The molecule has 0 spiro atoms. The molecule has 2 aromatic carbocycles. The number of carbonyl (C=O) groups excluding carboxylic acids is 1. The maximum Gasteiger partial charge on any atom is 0.355 e. The van der Waals surface area contributed by atoms with Gasteiger partial charge in [-0.25, -0.2) is 9.18 Å². The van der Waals surface area contributed by atoms with Crippen LogP contribution in [0.15, 0.2) is 73.1 Å². The third-order valence-corrected chi connectivity index (χ3v) is 6.27. The second kappa shape index (κ2) is 8.54. The van der Waals surface area contributed by atoms with Crippen LogP contribution in [0.3, 0.4) is 0 Å². The molecule has 2 aromatic heterocycles. The number of esters is 1. The van der Waals surface area contributed by atoms with Crippen LogP contribution in [0.25, 0.3) is 22.3 Å². The molecule has 33 heavy (non-hydrogen) atoms. The topological polar surface area (TPSA) is 47.4 Å². The van der Waals surface area contributed by atoms with Crippen molar-refractivity contribution >= 4 is 11.8 Å². The van der Waals surface area contributed by atoms with Gasteiger partial charge in [-0.05, 0) is 52.9 Å². The van der Waals surface area contributed by atoms with E-state index in [1.165, 1.54) is 30.4 Å². The fourth-order valence-electron chi connectivity index (χ4n) is 4.74. The average Bonchev–Trinajstić information content (AvgIpc) is 3.17. The van der Waals surface area contributed by atoms with Crippen LogP contribution in [0.1, 0.15) is 21.6 Å². The van der Waals surface area contributed by atoms with Crippen LogP contribution < -0.4 is 4.90 Å². The minimum atomic E-state index is -0.434. The summed E-state index contributed by atoms with van der Waals surface area (Å²) in [5.74, 6) is 0.166. The first-order valence-corrected chi connectivity index (χ1v) is 10.9. The number of aromatic nitrogens is 2. The standard InChI is InChI=1S/C27H24FN3O2/c1-30-25(27(32)33-2)23(19-7-9-22(28)10-8-19)24(20-11-14-29-15-12-20)26(30)31-16-13-18-5-3-4-6-21(18)17-31/h3-12,14-15H,13,16-17H2,1-2H3. The van der Waals surface area contributed by atoms with Crippen molar-refractivity contribution < 1.29 is 13.9 Å². The molecule has 0 radical (unpaired) electrons. The van der Waals surface area contributed by atoms with Crippen LogP contribution in [-0.4, -0.2) is 29.2 Å². The Kier molecular flexibility index (Phi) is 5.42. The summed E-state index contributed by atoms with van der Waals surface area (Å²) in [4.78, 5) is 19.5. The maximum atomic E-state index is 13.8. The molecule has 0 fully saturated rings. The fraction of sp³-hybridized carbons (Fsp3) is 0.185. The predicted octanol–water partition coefficient (Wildman–Crippen LogP) is 5.24. The Labute approximate surface area is 192 Å². The van der Waals surface area contributed by atoms with E-state index in [9.17, 15) is 9.18 Å². The van der Waals surface area contributed by atoms with Crippen molar-refractivity contribution in [3.63, 3.8) is 0 Å². The van der Waals surface area contributed by atoms with Gasteiger partial charge in [0.1, 0.15) is 17.3 Å². The number of benzene rings is 2. The minimum Gasteiger partial charge on any atom is -0.464 e. The molecule has 5 nitrogen and oxygen atoms in total.